The van der Waals surface area contributed by atoms with Crippen molar-refractivity contribution >= 4 is 23.4 Å². The molecule has 0 unspecified atom stereocenters. The third kappa shape index (κ3) is 3.98. The smallest absolute Gasteiger partial charge is 0.253 e. The first-order valence-corrected chi connectivity index (χ1v) is 6.22. The van der Waals surface area contributed by atoms with Crippen molar-refractivity contribution in [3.63, 3.8) is 0 Å². The van der Waals surface area contributed by atoms with Crippen LogP contribution in [0.1, 0.15) is 10.4 Å². The molecule has 0 saturated carbocycles. The van der Waals surface area contributed by atoms with Gasteiger partial charge in [-0.15, -0.1) is 6.58 Å². The van der Waals surface area contributed by atoms with Crippen LogP contribution >= 0.6 is 11.8 Å². The molecule has 0 spiro atoms. The van der Waals surface area contributed by atoms with E-state index in [0.29, 0.717) is 17.8 Å². The SMILES string of the molecule is C=CCSCCNC(=O)c1ccccc1N. The summed E-state index contributed by atoms with van der Waals surface area (Å²) in [4.78, 5) is 11.7. The van der Waals surface area contributed by atoms with Gasteiger partial charge >= 0.3 is 0 Å². The lowest BCUT2D eigenvalue weighted by Crippen LogP contribution is -2.26. The summed E-state index contributed by atoms with van der Waals surface area (Å²) in [6, 6.07) is 7.06. The first kappa shape index (κ1) is 12.6. The van der Waals surface area contributed by atoms with E-state index in [-0.39, 0.29) is 5.91 Å². The van der Waals surface area contributed by atoms with Crippen LogP contribution in [-0.2, 0) is 0 Å². The van der Waals surface area contributed by atoms with Crippen LogP contribution in [0.3, 0.4) is 0 Å². The maximum Gasteiger partial charge on any atom is 0.253 e. The normalized spacial score (nSPS) is 9.75. The van der Waals surface area contributed by atoms with E-state index in [1.807, 2.05) is 12.1 Å². The molecule has 0 aliphatic rings. The van der Waals surface area contributed by atoms with E-state index < -0.39 is 0 Å². The van der Waals surface area contributed by atoms with Gasteiger partial charge in [0.1, 0.15) is 0 Å². The van der Waals surface area contributed by atoms with Crippen molar-refractivity contribution < 1.29 is 4.79 Å². The molecule has 1 rings (SSSR count). The quantitative estimate of drug-likeness (QED) is 0.451. The maximum absolute atomic E-state index is 11.7. The second kappa shape index (κ2) is 6.95. The number of nitrogen functional groups attached to an aromatic ring is 1. The summed E-state index contributed by atoms with van der Waals surface area (Å²) in [5.74, 6) is 1.67. The van der Waals surface area contributed by atoms with Crippen LogP contribution in [-0.4, -0.2) is 24.0 Å². The first-order chi connectivity index (χ1) is 7.75. The molecule has 86 valence electrons. The molecule has 0 heterocycles. The highest BCUT2D eigenvalue weighted by molar-refractivity contribution is 7.99. The number of benzene rings is 1. The fourth-order valence-corrected chi connectivity index (χ4v) is 1.78. The summed E-state index contributed by atoms with van der Waals surface area (Å²) >= 11 is 1.73. The van der Waals surface area contributed by atoms with Gasteiger partial charge in [0.15, 0.2) is 0 Å². The third-order valence-electron chi connectivity index (χ3n) is 1.97. The number of para-hydroxylation sites is 1. The maximum atomic E-state index is 11.7. The molecular formula is C12H16N2OS. The second-order valence-electron chi connectivity index (χ2n) is 3.21. The highest BCUT2D eigenvalue weighted by Gasteiger charge is 2.07. The lowest BCUT2D eigenvalue weighted by molar-refractivity contribution is 0.0957. The van der Waals surface area contributed by atoms with Crippen molar-refractivity contribution in [3.05, 3.63) is 42.5 Å². The number of carbonyl (C=O) groups is 1. The molecule has 1 aromatic carbocycles. The largest absolute Gasteiger partial charge is 0.398 e. The fraction of sp³-hybridized carbons (Fsp3) is 0.250. The second-order valence-corrected chi connectivity index (χ2v) is 4.36. The van der Waals surface area contributed by atoms with Crippen LogP contribution in [0.15, 0.2) is 36.9 Å². The van der Waals surface area contributed by atoms with Gasteiger partial charge in [-0.05, 0) is 12.1 Å². The monoisotopic (exact) mass is 236 g/mol. The van der Waals surface area contributed by atoms with Crippen LogP contribution in [0, 0.1) is 0 Å². The van der Waals surface area contributed by atoms with E-state index >= 15 is 0 Å². The van der Waals surface area contributed by atoms with Gasteiger partial charge in [0, 0.05) is 23.7 Å². The zero-order chi connectivity index (χ0) is 11.8. The Morgan fingerprint density at radius 2 is 2.25 bits per heavy atom. The van der Waals surface area contributed by atoms with Crippen molar-refractivity contribution in [1.29, 1.82) is 0 Å². The number of anilines is 1. The highest BCUT2D eigenvalue weighted by atomic mass is 32.2. The predicted molar refractivity (Wildman–Crippen MR) is 70.7 cm³/mol. The summed E-state index contributed by atoms with van der Waals surface area (Å²) in [5.41, 5.74) is 6.74. The molecule has 4 heteroatoms. The highest BCUT2D eigenvalue weighted by Crippen LogP contribution is 2.09. The number of carbonyl (C=O) groups excluding carboxylic acids is 1. The predicted octanol–water partition coefficient (Wildman–Crippen LogP) is 1.92. The van der Waals surface area contributed by atoms with Crippen molar-refractivity contribution in [2.24, 2.45) is 0 Å². The fourth-order valence-electron chi connectivity index (χ4n) is 1.20. The van der Waals surface area contributed by atoms with Gasteiger partial charge in [0.05, 0.1) is 5.56 Å². The van der Waals surface area contributed by atoms with Gasteiger partial charge in [-0.2, -0.15) is 11.8 Å². The van der Waals surface area contributed by atoms with Crippen LogP contribution < -0.4 is 11.1 Å². The van der Waals surface area contributed by atoms with Crippen molar-refractivity contribution in [1.82, 2.24) is 5.32 Å². The van der Waals surface area contributed by atoms with E-state index in [1.165, 1.54) is 0 Å². The summed E-state index contributed by atoms with van der Waals surface area (Å²) in [6.45, 7) is 4.27. The molecule has 0 fully saturated rings. The Bertz CT molecular complexity index is 366. The Morgan fingerprint density at radius 3 is 2.94 bits per heavy atom. The Balaban J connectivity index is 2.36. The number of hydrogen-bond acceptors (Lipinski definition) is 3. The van der Waals surface area contributed by atoms with Gasteiger partial charge in [-0.3, -0.25) is 4.79 Å². The van der Waals surface area contributed by atoms with Crippen LogP contribution in [0.5, 0.6) is 0 Å². The van der Waals surface area contributed by atoms with Crippen molar-refractivity contribution in [2.75, 3.05) is 23.8 Å². The Hall–Kier alpha value is -1.42. The van der Waals surface area contributed by atoms with Crippen LogP contribution in [0.25, 0.3) is 0 Å². The zero-order valence-electron chi connectivity index (χ0n) is 9.11. The van der Waals surface area contributed by atoms with Crippen LogP contribution in [0.2, 0.25) is 0 Å². The Labute approximate surface area is 100 Å². The Kier molecular flexibility index (Phi) is 5.50. The molecule has 0 bridgehead atoms. The summed E-state index contributed by atoms with van der Waals surface area (Å²) in [7, 11) is 0. The van der Waals surface area contributed by atoms with E-state index in [1.54, 1.807) is 30.0 Å². The first-order valence-electron chi connectivity index (χ1n) is 5.07. The van der Waals surface area contributed by atoms with Gasteiger partial charge < -0.3 is 11.1 Å². The van der Waals surface area contributed by atoms with E-state index in [0.717, 1.165) is 11.5 Å². The van der Waals surface area contributed by atoms with E-state index in [4.69, 9.17) is 5.73 Å². The molecule has 0 aromatic heterocycles. The molecule has 0 saturated heterocycles. The van der Waals surface area contributed by atoms with Gasteiger partial charge in [-0.1, -0.05) is 18.2 Å². The van der Waals surface area contributed by atoms with Gasteiger partial charge in [0.25, 0.3) is 5.91 Å². The van der Waals surface area contributed by atoms with Gasteiger partial charge in [0.2, 0.25) is 0 Å². The molecule has 0 atom stereocenters. The number of nitrogens with one attached hydrogen (secondary N) is 1. The zero-order valence-corrected chi connectivity index (χ0v) is 9.93. The van der Waals surface area contributed by atoms with E-state index in [9.17, 15) is 4.79 Å². The van der Waals surface area contributed by atoms with Crippen molar-refractivity contribution in [2.45, 2.75) is 0 Å². The number of thioether (sulfide) groups is 1. The minimum absolute atomic E-state index is 0.114. The molecule has 1 aromatic rings. The average molecular weight is 236 g/mol. The van der Waals surface area contributed by atoms with Crippen molar-refractivity contribution in [3.8, 4) is 0 Å². The minimum Gasteiger partial charge on any atom is -0.398 e. The number of nitrogens with two attached hydrogens (primary N) is 1. The van der Waals surface area contributed by atoms with Gasteiger partial charge in [-0.25, -0.2) is 0 Å². The number of rotatable bonds is 6. The Morgan fingerprint density at radius 1 is 1.50 bits per heavy atom. The lowest BCUT2D eigenvalue weighted by Gasteiger charge is -2.06. The molecule has 0 aliphatic carbocycles. The van der Waals surface area contributed by atoms with Crippen LogP contribution in [0.4, 0.5) is 5.69 Å². The van der Waals surface area contributed by atoms with E-state index in [2.05, 4.69) is 11.9 Å². The average Bonchev–Trinajstić information content (AvgIpc) is 2.29. The number of hydrogen-bond donors (Lipinski definition) is 2. The number of amides is 1. The molecule has 3 N–H and O–H groups in total. The molecule has 3 nitrogen and oxygen atoms in total. The molecule has 0 aliphatic heterocycles. The standard InChI is InChI=1S/C12H16N2OS/c1-2-8-16-9-7-14-12(15)10-5-3-4-6-11(10)13/h2-6H,1,7-9,13H2,(H,14,15). The topological polar surface area (TPSA) is 55.1 Å². The third-order valence-corrected chi connectivity index (χ3v) is 2.94. The molecular weight excluding hydrogens is 220 g/mol. The molecule has 16 heavy (non-hydrogen) atoms. The molecule has 1 amide bonds. The molecule has 0 radical (unpaired) electrons. The lowest BCUT2D eigenvalue weighted by atomic mass is 10.2. The summed E-state index contributed by atoms with van der Waals surface area (Å²) in [5, 5.41) is 2.82. The minimum atomic E-state index is -0.114. The summed E-state index contributed by atoms with van der Waals surface area (Å²) < 4.78 is 0. The summed E-state index contributed by atoms with van der Waals surface area (Å²) in [6.07, 6.45) is 1.85.